The molecule has 4 aromatic rings. The summed E-state index contributed by atoms with van der Waals surface area (Å²) in [7, 11) is 1.69. The first-order valence-electron chi connectivity index (χ1n) is 13.3. The summed E-state index contributed by atoms with van der Waals surface area (Å²) in [4.78, 5) is 48.8. The molecular weight excluding hydrogens is 563 g/mol. The monoisotopic (exact) mass is 589 g/mol. The van der Waals surface area contributed by atoms with Crippen molar-refractivity contribution in [3.05, 3.63) is 57.2 Å². The van der Waals surface area contributed by atoms with Crippen LogP contribution >= 0.6 is 11.6 Å². The summed E-state index contributed by atoms with van der Waals surface area (Å²) in [5, 5.41) is 5.18. The number of piperidine rings is 1. The Kier molecular flexibility index (Phi) is 6.79. The van der Waals surface area contributed by atoms with Gasteiger partial charge in [0.15, 0.2) is 5.65 Å². The molecule has 14 heteroatoms. The number of carbonyl (C=O) groups excluding carboxylic acids is 2. The Hall–Kier alpha value is -3.87. The van der Waals surface area contributed by atoms with Gasteiger partial charge >= 0.3 is 11.9 Å². The topological polar surface area (TPSA) is 109 Å². The van der Waals surface area contributed by atoms with E-state index in [4.69, 9.17) is 11.6 Å². The van der Waals surface area contributed by atoms with Gasteiger partial charge in [-0.1, -0.05) is 11.6 Å². The van der Waals surface area contributed by atoms with Crippen LogP contribution in [-0.4, -0.2) is 71.7 Å². The lowest BCUT2D eigenvalue weighted by Crippen LogP contribution is -2.44. The number of benzene rings is 1. The minimum Gasteiger partial charge on any atom is -0.343 e. The molecule has 2 aliphatic heterocycles. The maximum absolute atomic E-state index is 13.5. The van der Waals surface area contributed by atoms with Crippen LogP contribution in [0.4, 0.5) is 13.2 Å². The number of aromatic nitrogens is 5. The summed E-state index contributed by atoms with van der Waals surface area (Å²) >= 11 is 6.51. The predicted octanol–water partition coefficient (Wildman–Crippen LogP) is 3.58. The molecule has 6 rings (SSSR count). The molecule has 1 unspecified atom stereocenters. The summed E-state index contributed by atoms with van der Waals surface area (Å²) in [6.45, 7) is -0.957. The fourth-order valence-corrected chi connectivity index (χ4v) is 6.57. The van der Waals surface area contributed by atoms with Crippen molar-refractivity contribution in [3.63, 3.8) is 0 Å². The van der Waals surface area contributed by atoms with Gasteiger partial charge in [-0.2, -0.15) is 18.3 Å². The van der Waals surface area contributed by atoms with Gasteiger partial charge in [0.1, 0.15) is 6.54 Å². The lowest BCUT2D eigenvalue weighted by Gasteiger charge is -2.33. The number of hydrogen-bond acceptors (Lipinski definition) is 5. The molecule has 1 aromatic carbocycles. The van der Waals surface area contributed by atoms with E-state index in [0.29, 0.717) is 64.1 Å². The van der Waals surface area contributed by atoms with Gasteiger partial charge in [-0.3, -0.25) is 23.8 Å². The summed E-state index contributed by atoms with van der Waals surface area (Å²) in [5.41, 5.74) is 2.69. The molecule has 41 heavy (non-hydrogen) atoms. The number of aryl methyl sites for hydroxylation is 1. The Bertz CT molecular complexity index is 1720. The van der Waals surface area contributed by atoms with Crippen LogP contribution < -0.4 is 5.69 Å². The highest BCUT2D eigenvalue weighted by molar-refractivity contribution is 6.35. The second-order valence-corrected chi connectivity index (χ2v) is 11.1. The van der Waals surface area contributed by atoms with Crippen molar-refractivity contribution < 1.29 is 22.8 Å². The molecule has 5 heterocycles. The Morgan fingerprint density at radius 2 is 1.98 bits per heavy atom. The fourth-order valence-electron chi connectivity index (χ4n) is 6.22. The molecule has 0 spiro atoms. The number of fused-ring (bicyclic) bond motifs is 4. The van der Waals surface area contributed by atoms with Crippen molar-refractivity contribution >= 4 is 45.5 Å². The fraction of sp³-hybridized carbons (Fsp3) is 0.444. The standard InChI is InChI=1S/C27H27ClF3N7O3/c1-35-23-18(12-33-35)19-13-37(14-27(29,30)31)25(40)16(9-15(19)10-20(23)28)11-22(39)36-7-4-17(5-8-36)38-21-3-2-6-32-24(21)34-26(38)41/h2-3,6,10,12,16-17H,4-5,7-9,11,13-14H2,1H3,(H,32,34,41). The quantitative estimate of drug-likeness (QED) is 0.391. The molecule has 0 bridgehead atoms. The zero-order valence-corrected chi connectivity index (χ0v) is 22.9. The van der Waals surface area contributed by atoms with Gasteiger partial charge < -0.3 is 9.80 Å². The zero-order chi connectivity index (χ0) is 29.1. The molecule has 0 aliphatic carbocycles. The zero-order valence-electron chi connectivity index (χ0n) is 22.1. The highest BCUT2D eigenvalue weighted by atomic mass is 35.5. The number of alkyl halides is 3. The minimum atomic E-state index is -4.60. The lowest BCUT2D eigenvalue weighted by atomic mass is 9.92. The van der Waals surface area contributed by atoms with Gasteiger partial charge in [-0.25, -0.2) is 9.78 Å². The van der Waals surface area contributed by atoms with Crippen LogP contribution in [0, 0.1) is 5.92 Å². The second-order valence-electron chi connectivity index (χ2n) is 10.7. The Morgan fingerprint density at radius 3 is 2.71 bits per heavy atom. The molecule has 216 valence electrons. The average molecular weight is 590 g/mol. The van der Waals surface area contributed by atoms with E-state index in [-0.39, 0.29) is 37.0 Å². The Morgan fingerprint density at radius 1 is 1.22 bits per heavy atom. The number of likely N-dealkylation sites (tertiary alicyclic amines) is 1. The first-order valence-corrected chi connectivity index (χ1v) is 13.7. The number of imidazole rings is 1. The highest BCUT2D eigenvalue weighted by Crippen LogP contribution is 2.36. The van der Waals surface area contributed by atoms with Crippen molar-refractivity contribution in [2.24, 2.45) is 13.0 Å². The third-order valence-electron chi connectivity index (χ3n) is 8.12. The largest absolute Gasteiger partial charge is 0.406 e. The van der Waals surface area contributed by atoms with E-state index in [1.807, 2.05) is 6.07 Å². The maximum atomic E-state index is 13.5. The molecule has 1 fully saturated rings. The number of aromatic amines is 1. The molecule has 2 amide bonds. The first-order chi connectivity index (χ1) is 19.5. The van der Waals surface area contributed by atoms with Crippen LogP contribution in [0.1, 0.15) is 36.4 Å². The Balaban J connectivity index is 1.22. The lowest BCUT2D eigenvalue weighted by molar-refractivity contribution is -0.165. The molecule has 10 nitrogen and oxygen atoms in total. The van der Waals surface area contributed by atoms with Gasteiger partial charge in [0, 0.05) is 50.7 Å². The SMILES string of the molecule is Cn1ncc2c3c(cc(Cl)c21)CC(CC(=O)N1CCC(n2c(=O)[nH]c4ncccc42)CC1)C(=O)N(CC(F)(F)F)C3. The van der Waals surface area contributed by atoms with Crippen LogP contribution in [0.3, 0.4) is 0 Å². The number of halogens is 4. The number of carbonyl (C=O) groups is 2. The second kappa shape index (κ2) is 10.2. The van der Waals surface area contributed by atoms with E-state index in [2.05, 4.69) is 15.1 Å². The van der Waals surface area contributed by atoms with Crippen LogP contribution in [-0.2, 0) is 29.6 Å². The van der Waals surface area contributed by atoms with Crippen LogP contribution in [0.15, 0.2) is 35.4 Å². The van der Waals surface area contributed by atoms with Gasteiger partial charge in [0.2, 0.25) is 11.8 Å². The minimum absolute atomic E-state index is 0.0903. The molecule has 0 saturated carbocycles. The molecule has 3 aromatic heterocycles. The molecular formula is C27H27ClF3N7O3. The number of amides is 2. The molecule has 1 atom stereocenters. The van der Waals surface area contributed by atoms with Crippen molar-refractivity contribution in [1.29, 1.82) is 0 Å². The number of rotatable bonds is 4. The number of pyridine rings is 1. The van der Waals surface area contributed by atoms with Crippen molar-refractivity contribution in [3.8, 4) is 0 Å². The van der Waals surface area contributed by atoms with Crippen molar-refractivity contribution in [1.82, 2.24) is 34.1 Å². The smallest absolute Gasteiger partial charge is 0.343 e. The van der Waals surface area contributed by atoms with Crippen LogP contribution in [0.2, 0.25) is 5.02 Å². The van der Waals surface area contributed by atoms with Gasteiger partial charge in [0.25, 0.3) is 0 Å². The number of nitrogens with one attached hydrogen (secondary N) is 1. The van der Waals surface area contributed by atoms with E-state index >= 15 is 0 Å². The first kappa shape index (κ1) is 27.3. The molecule has 1 N–H and O–H groups in total. The summed E-state index contributed by atoms with van der Waals surface area (Å²) in [6, 6.07) is 5.09. The maximum Gasteiger partial charge on any atom is 0.406 e. The Labute approximate surface area is 236 Å². The highest BCUT2D eigenvalue weighted by Gasteiger charge is 2.40. The predicted molar refractivity (Wildman–Crippen MR) is 144 cm³/mol. The van der Waals surface area contributed by atoms with E-state index in [1.54, 1.807) is 45.7 Å². The number of H-pyrrole nitrogens is 1. The summed E-state index contributed by atoms with van der Waals surface area (Å²) < 4.78 is 43.8. The van der Waals surface area contributed by atoms with Gasteiger partial charge in [-0.15, -0.1) is 0 Å². The van der Waals surface area contributed by atoms with Crippen molar-refractivity contribution in [2.75, 3.05) is 19.6 Å². The van der Waals surface area contributed by atoms with E-state index in [1.165, 1.54) is 0 Å². The average Bonchev–Trinajstić information content (AvgIpc) is 3.44. The van der Waals surface area contributed by atoms with Crippen molar-refractivity contribution in [2.45, 2.75) is 44.4 Å². The van der Waals surface area contributed by atoms with E-state index in [0.717, 1.165) is 4.90 Å². The molecule has 0 radical (unpaired) electrons. The van der Waals surface area contributed by atoms with E-state index in [9.17, 15) is 27.6 Å². The number of hydrogen-bond donors (Lipinski definition) is 1. The third-order valence-corrected chi connectivity index (χ3v) is 8.41. The molecule has 2 aliphatic rings. The van der Waals surface area contributed by atoms with Gasteiger partial charge in [0.05, 0.1) is 28.2 Å². The number of nitrogens with zero attached hydrogens (tertiary/aromatic N) is 6. The van der Waals surface area contributed by atoms with Crippen LogP contribution in [0.25, 0.3) is 22.1 Å². The summed E-state index contributed by atoms with van der Waals surface area (Å²) in [6.07, 6.45) is -0.564. The van der Waals surface area contributed by atoms with E-state index < -0.39 is 24.5 Å². The third kappa shape index (κ3) is 5.07. The molecule has 1 saturated heterocycles. The van der Waals surface area contributed by atoms with Crippen LogP contribution in [0.5, 0.6) is 0 Å². The normalized spacial score (nSPS) is 18.8. The summed E-state index contributed by atoms with van der Waals surface area (Å²) in [5.74, 6) is -2.00. The van der Waals surface area contributed by atoms with Gasteiger partial charge in [-0.05, 0) is 48.6 Å².